The third-order valence-electron chi connectivity index (χ3n) is 4.73. The molecule has 28 heavy (non-hydrogen) atoms. The fraction of sp³-hybridized carbons (Fsp3) is 0.0385. The minimum Gasteiger partial charge on any atom is -0.392 e. The summed E-state index contributed by atoms with van der Waals surface area (Å²) in [5.74, 6) is 0. The van der Waals surface area contributed by atoms with Crippen molar-refractivity contribution in [3.05, 3.63) is 109 Å². The second-order valence-electron chi connectivity index (χ2n) is 6.30. The number of aliphatic hydroxyl groups excluding tert-OH is 1. The maximum atomic E-state index is 10.1. The van der Waals surface area contributed by atoms with Gasteiger partial charge in [0, 0.05) is 6.21 Å². The molecule has 0 saturated carbocycles. The van der Waals surface area contributed by atoms with E-state index in [-0.39, 0.29) is 6.61 Å². The molecule has 0 aromatic heterocycles. The van der Waals surface area contributed by atoms with Gasteiger partial charge >= 0.3 is 0 Å². The van der Waals surface area contributed by atoms with Crippen LogP contribution >= 0.6 is 0 Å². The highest BCUT2D eigenvalue weighted by Gasteiger charge is 2.16. The number of rotatable bonds is 7. The highest BCUT2D eigenvalue weighted by atomic mass is 16.3. The predicted molar refractivity (Wildman–Crippen MR) is 123 cm³/mol. The summed E-state index contributed by atoms with van der Waals surface area (Å²) in [5.41, 5.74) is 3.93. The van der Waals surface area contributed by atoms with Gasteiger partial charge in [0.1, 0.15) is 0 Å². The van der Waals surface area contributed by atoms with E-state index in [2.05, 4.69) is 37.4 Å². The first kappa shape index (κ1) is 19.3. The number of benzene rings is 3. The third kappa shape index (κ3) is 3.51. The van der Waals surface area contributed by atoms with Gasteiger partial charge in [-0.05, 0) is 49.9 Å². The second-order valence-corrected chi connectivity index (χ2v) is 6.30. The van der Waals surface area contributed by atoms with E-state index in [1.54, 1.807) is 18.2 Å². The van der Waals surface area contributed by atoms with Gasteiger partial charge in [-0.15, -0.1) is 0 Å². The minimum absolute atomic E-state index is 0.0908. The standard InChI is InChI=1S/C26H23NO/c1-3-11-19(4-2)25-21-13-5-7-15-23(21)26(20(18-28)12-9-10-17-27)24-16-8-6-14-22(24)25/h3-17,27-28H,1-2,18H2/b10-9-,19-11+,20-12+,27-17?. The summed E-state index contributed by atoms with van der Waals surface area (Å²) < 4.78 is 0. The van der Waals surface area contributed by atoms with Crippen molar-refractivity contribution >= 4 is 38.9 Å². The summed E-state index contributed by atoms with van der Waals surface area (Å²) in [7, 11) is 0. The van der Waals surface area contributed by atoms with Crippen molar-refractivity contribution in [2.45, 2.75) is 0 Å². The fourth-order valence-corrected chi connectivity index (χ4v) is 3.61. The molecule has 2 heteroatoms. The average Bonchev–Trinajstić information content (AvgIpc) is 2.74. The topological polar surface area (TPSA) is 44.1 Å². The molecule has 2 N–H and O–H groups in total. The van der Waals surface area contributed by atoms with E-state index in [1.165, 1.54) is 6.21 Å². The van der Waals surface area contributed by atoms with Gasteiger partial charge in [0.25, 0.3) is 0 Å². The highest BCUT2D eigenvalue weighted by Crippen LogP contribution is 2.39. The van der Waals surface area contributed by atoms with Crippen LogP contribution in [0.4, 0.5) is 0 Å². The molecular weight excluding hydrogens is 342 g/mol. The van der Waals surface area contributed by atoms with Crippen molar-refractivity contribution < 1.29 is 5.11 Å². The molecule has 3 aromatic carbocycles. The Kier molecular flexibility index (Phi) is 6.15. The van der Waals surface area contributed by atoms with Crippen LogP contribution in [0, 0.1) is 5.41 Å². The van der Waals surface area contributed by atoms with Gasteiger partial charge in [-0.3, -0.25) is 0 Å². The van der Waals surface area contributed by atoms with E-state index in [4.69, 9.17) is 5.41 Å². The third-order valence-corrected chi connectivity index (χ3v) is 4.73. The number of fused-ring (bicyclic) bond motifs is 2. The highest BCUT2D eigenvalue weighted by molar-refractivity contribution is 6.16. The fourth-order valence-electron chi connectivity index (χ4n) is 3.61. The summed E-state index contributed by atoms with van der Waals surface area (Å²) in [6.45, 7) is 7.75. The Hall–Kier alpha value is -3.49. The first-order valence-electron chi connectivity index (χ1n) is 9.13. The van der Waals surface area contributed by atoms with Crippen LogP contribution < -0.4 is 0 Å². The van der Waals surface area contributed by atoms with Crippen LogP contribution in [0.2, 0.25) is 0 Å². The molecule has 0 spiro atoms. The van der Waals surface area contributed by atoms with Crippen LogP contribution in [0.5, 0.6) is 0 Å². The Morgan fingerprint density at radius 3 is 1.79 bits per heavy atom. The normalized spacial score (nSPS) is 12.6. The van der Waals surface area contributed by atoms with Crippen molar-refractivity contribution in [3.63, 3.8) is 0 Å². The lowest BCUT2D eigenvalue weighted by Crippen LogP contribution is -1.97. The monoisotopic (exact) mass is 365 g/mol. The van der Waals surface area contributed by atoms with Crippen LogP contribution in [0.15, 0.2) is 98.1 Å². The molecule has 0 radical (unpaired) electrons. The molecule has 0 heterocycles. The van der Waals surface area contributed by atoms with Gasteiger partial charge in [-0.2, -0.15) is 0 Å². The van der Waals surface area contributed by atoms with Crippen molar-refractivity contribution in [2.75, 3.05) is 6.61 Å². The van der Waals surface area contributed by atoms with E-state index in [0.29, 0.717) is 0 Å². The van der Waals surface area contributed by atoms with E-state index in [9.17, 15) is 5.11 Å². The summed E-state index contributed by atoms with van der Waals surface area (Å²) in [6, 6.07) is 16.4. The maximum Gasteiger partial charge on any atom is 0.0688 e. The minimum atomic E-state index is -0.0908. The molecule has 0 aliphatic rings. The first-order valence-corrected chi connectivity index (χ1v) is 9.13. The average molecular weight is 365 g/mol. The molecule has 0 atom stereocenters. The van der Waals surface area contributed by atoms with Crippen LogP contribution in [0.25, 0.3) is 32.7 Å². The van der Waals surface area contributed by atoms with Gasteiger partial charge in [-0.25, -0.2) is 0 Å². The largest absolute Gasteiger partial charge is 0.392 e. The Morgan fingerprint density at radius 1 is 0.821 bits per heavy atom. The quantitative estimate of drug-likeness (QED) is 0.287. The summed E-state index contributed by atoms with van der Waals surface area (Å²) in [5, 5.41) is 21.6. The molecule has 0 amide bonds. The molecule has 3 rings (SSSR count). The predicted octanol–water partition coefficient (Wildman–Crippen LogP) is 6.33. The number of hydrogen-bond acceptors (Lipinski definition) is 2. The van der Waals surface area contributed by atoms with Crippen LogP contribution in [-0.2, 0) is 0 Å². The van der Waals surface area contributed by atoms with Crippen LogP contribution in [-0.4, -0.2) is 17.9 Å². The lowest BCUT2D eigenvalue weighted by atomic mass is 9.85. The number of aliphatic hydroxyl groups is 1. The lowest BCUT2D eigenvalue weighted by molar-refractivity contribution is 0.350. The van der Waals surface area contributed by atoms with Gasteiger partial charge in [0.05, 0.1) is 6.61 Å². The Labute approximate surface area is 165 Å². The van der Waals surface area contributed by atoms with Gasteiger partial charge < -0.3 is 10.5 Å². The van der Waals surface area contributed by atoms with Crippen LogP contribution in [0.1, 0.15) is 11.1 Å². The molecule has 0 unspecified atom stereocenters. The maximum absolute atomic E-state index is 10.1. The van der Waals surface area contributed by atoms with Crippen molar-refractivity contribution in [2.24, 2.45) is 0 Å². The van der Waals surface area contributed by atoms with E-state index < -0.39 is 0 Å². The zero-order valence-electron chi connectivity index (χ0n) is 15.7. The van der Waals surface area contributed by atoms with E-state index >= 15 is 0 Å². The molecule has 0 saturated heterocycles. The van der Waals surface area contributed by atoms with Gasteiger partial charge in [-0.1, -0.05) is 92.1 Å². The number of allylic oxidation sites excluding steroid dienone is 7. The SMILES string of the molecule is C=C/C=C(\C=C)c1c2ccccc2c(/C(=C/C=C\C=N)CO)c2ccccc12. The second kappa shape index (κ2) is 8.94. The Morgan fingerprint density at radius 2 is 1.36 bits per heavy atom. The molecular formula is C26H23NO. The molecule has 2 nitrogen and oxygen atoms in total. The van der Waals surface area contributed by atoms with Crippen LogP contribution in [0.3, 0.4) is 0 Å². The molecule has 138 valence electrons. The summed E-state index contributed by atoms with van der Waals surface area (Å²) in [4.78, 5) is 0. The van der Waals surface area contributed by atoms with E-state index in [0.717, 1.165) is 43.8 Å². The van der Waals surface area contributed by atoms with Crippen molar-refractivity contribution in [1.82, 2.24) is 0 Å². The van der Waals surface area contributed by atoms with Gasteiger partial charge in [0.2, 0.25) is 0 Å². The summed E-state index contributed by atoms with van der Waals surface area (Å²) in [6.07, 6.45) is 12.1. The zero-order valence-corrected chi connectivity index (χ0v) is 15.7. The Balaban J connectivity index is 2.54. The Bertz CT molecular complexity index is 1090. The zero-order chi connectivity index (χ0) is 19.9. The number of hydrogen-bond donors (Lipinski definition) is 2. The molecule has 3 aromatic rings. The first-order chi connectivity index (χ1) is 13.8. The smallest absolute Gasteiger partial charge is 0.0688 e. The molecule has 0 aliphatic heterocycles. The van der Waals surface area contributed by atoms with Crippen molar-refractivity contribution in [3.8, 4) is 0 Å². The number of nitrogens with one attached hydrogen (secondary N) is 1. The molecule has 0 aliphatic carbocycles. The summed E-state index contributed by atoms with van der Waals surface area (Å²) >= 11 is 0. The molecule has 0 bridgehead atoms. The molecule has 0 fully saturated rings. The van der Waals surface area contributed by atoms with Crippen molar-refractivity contribution in [1.29, 1.82) is 5.41 Å². The van der Waals surface area contributed by atoms with E-state index in [1.807, 2.05) is 42.5 Å². The lowest BCUT2D eigenvalue weighted by Gasteiger charge is -2.18. The van der Waals surface area contributed by atoms with Gasteiger partial charge in [0.15, 0.2) is 0 Å².